The highest BCUT2D eigenvalue weighted by Gasteiger charge is 2.20. The Balaban J connectivity index is 1.74. The zero-order valence-corrected chi connectivity index (χ0v) is 10.3. The van der Waals surface area contributed by atoms with E-state index >= 15 is 0 Å². The quantitative estimate of drug-likeness (QED) is 0.869. The minimum Gasteiger partial charge on any atom is -0.374 e. The minimum atomic E-state index is -0.191. The summed E-state index contributed by atoms with van der Waals surface area (Å²) in [5.74, 6) is -0.191. The van der Waals surface area contributed by atoms with Crippen LogP contribution in [0.2, 0.25) is 0 Å². The molecule has 1 N–H and O–H groups in total. The lowest BCUT2D eigenvalue weighted by Crippen LogP contribution is -2.32. The second-order valence-corrected chi connectivity index (χ2v) is 4.70. The van der Waals surface area contributed by atoms with E-state index in [-0.39, 0.29) is 5.82 Å². The first-order valence-corrected chi connectivity index (χ1v) is 6.31. The monoisotopic (exact) mass is 237 g/mol. The van der Waals surface area contributed by atoms with Gasteiger partial charge in [0.2, 0.25) is 0 Å². The van der Waals surface area contributed by atoms with E-state index in [1.54, 1.807) is 12.1 Å². The average molecular weight is 237 g/mol. The van der Waals surface area contributed by atoms with Crippen LogP contribution in [-0.2, 0) is 11.3 Å². The van der Waals surface area contributed by atoms with Crippen molar-refractivity contribution in [3.8, 4) is 0 Å². The molecule has 0 spiro atoms. The van der Waals surface area contributed by atoms with Crippen LogP contribution in [0.15, 0.2) is 24.3 Å². The second-order valence-electron chi connectivity index (χ2n) is 4.70. The van der Waals surface area contributed by atoms with Gasteiger partial charge in [0.05, 0.1) is 12.7 Å². The molecule has 0 aliphatic heterocycles. The van der Waals surface area contributed by atoms with Crippen molar-refractivity contribution in [3.05, 3.63) is 35.6 Å². The number of ether oxygens (including phenoxy) is 1. The Labute approximate surface area is 102 Å². The molecule has 17 heavy (non-hydrogen) atoms. The molecular weight excluding hydrogens is 217 g/mol. The Hall–Kier alpha value is -0.930. The van der Waals surface area contributed by atoms with Crippen LogP contribution in [-0.4, -0.2) is 19.2 Å². The van der Waals surface area contributed by atoms with Crippen LogP contribution < -0.4 is 5.32 Å². The van der Waals surface area contributed by atoms with Gasteiger partial charge in [-0.1, -0.05) is 12.1 Å². The number of benzene rings is 1. The first-order valence-electron chi connectivity index (χ1n) is 6.31. The first kappa shape index (κ1) is 12.5. The van der Waals surface area contributed by atoms with Gasteiger partial charge in [-0.25, -0.2) is 4.39 Å². The molecular formula is C14H20FNO. The van der Waals surface area contributed by atoms with Crippen LogP contribution in [0.4, 0.5) is 4.39 Å². The highest BCUT2D eigenvalue weighted by Crippen LogP contribution is 2.22. The highest BCUT2D eigenvalue weighted by molar-refractivity contribution is 5.14. The van der Waals surface area contributed by atoms with Gasteiger partial charge in [0.1, 0.15) is 5.82 Å². The minimum absolute atomic E-state index is 0.191. The summed E-state index contributed by atoms with van der Waals surface area (Å²) in [5, 5.41) is 3.31. The summed E-state index contributed by atoms with van der Waals surface area (Å²) in [6.45, 7) is 0.592. The molecule has 1 fully saturated rings. The van der Waals surface area contributed by atoms with E-state index in [9.17, 15) is 4.39 Å². The molecule has 1 aliphatic carbocycles. The third kappa shape index (κ3) is 3.79. The standard InChI is InChI=1S/C14H20FNO/c1-16-13-6-8-14(9-7-13)17-10-11-2-4-12(15)5-3-11/h2-5,13-14,16H,6-10H2,1H3. The van der Waals surface area contributed by atoms with E-state index in [4.69, 9.17) is 4.74 Å². The molecule has 1 aliphatic rings. The zero-order chi connectivity index (χ0) is 12.1. The van der Waals surface area contributed by atoms with Gasteiger partial charge in [-0.15, -0.1) is 0 Å². The van der Waals surface area contributed by atoms with Crippen molar-refractivity contribution < 1.29 is 9.13 Å². The van der Waals surface area contributed by atoms with Gasteiger partial charge in [-0.3, -0.25) is 0 Å². The van der Waals surface area contributed by atoms with Gasteiger partial charge in [-0.2, -0.15) is 0 Å². The molecule has 0 saturated heterocycles. The van der Waals surface area contributed by atoms with Crippen LogP contribution in [0.25, 0.3) is 0 Å². The maximum absolute atomic E-state index is 12.7. The molecule has 0 aromatic heterocycles. The van der Waals surface area contributed by atoms with Crippen molar-refractivity contribution in [1.29, 1.82) is 0 Å². The summed E-state index contributed by atoms with van der Waals surface area (Å²) in [6, 6.07) is 7.19. The SMILES string of the molecule is CNC1CCC(OCc2ccc(F)cc2)CC1. The Morgan fingerprint density at radius 2 is 1.82 bits per heavy atom. The third-order valence-corrected chi connectivity index (χ3v) is 3.48. The third-order valence-electron chi connectivity index (χ3n) is 3.48. The second kappa shape index (κ2) is 6.12. The van der Waals surface area contributed by atoms with Crippen LogP contribution in [0.1, 0.15) is 31.2 Å². The molecule has 1 aromatic rings. The smallest absolute Gasteiger partial charge is 0.123 e. The Bertz CT molecular complexity index is 331. The molecule has 2 rings (SSSR count). The number of halogens is 1. The summed E-state index contributed by atoms with van der Waals surface area (Å²) in [6.07, 6.45) is 4.97. The number of hydrogen-bond donors (Lipinski definition) is 1. The van der Waals surface area contributed by atoms with Gasteiger partial charge < -0.3 is 10.1 Å². The van der Waals surface area contributed by atoms with Crippen molar-refractivity contribution in [1.82, 2.24) is 5.32 Å². The Morgan fingerprint density at radius 1 is 1.18 bits per heavy atom. The molecule has 1 saturated carbocycles. The molecule has 0 bridgehead atoms. The van der Waals surface area contributed by atoms with Gasteiger partial charge in [-0.05, 0) is 50.4 Å². The number of rotatable bonds is 4. The molecule has 0 radical (unpaired) electrons. The first-order chi connectivity index (χ1) is 8.28. The topological polar surface area (TPSA) is 21.3 Å². The molecule has 0 amide bonds. The van der Waals surface area contributed by atoms with E-state index in [1.165, 1.54) is 25.0 Å². The van der Waals surface area contributed by atoms with Crippen LogP contribution in [0, 0.1) is 5.82 Å². The Morgan fingerprint density at radius 3 is 2.41 bits per heavy atom. The van der Waals surface area contributed by atoms with E-state index in [2.05, 4.69) is 5.32 Å². The highest BCUT2D eigenvalue weighted by atomic mass is 19.1. The maximum atomic E-state index is 12.7. The molecule has 94 valence electrons. The lowest BCUT2D eigenvalue weighted by Gasteiger charge is -2.28. The van der Waals surface area contributed by atoms with E-state index < -0.39 is 0 Å². The van der Waals surface area contributed by atoms with E-state index in [0.29, 0.717) is 18.8 Å². The lowest BCUT2D eigenvalue weighted by atomic mass is 9.93. The molecule has 3 heteroatoms. The lowest BCUT2D eigenvalue weighted by molar-refractivity contribution is 0.0118. The number of nitrogens with one attached hydrogen (secondary N) is 1. The molecule has 0 atom stereocenters. The molecule has 0 unspecified atom stereocenters. The van der Waals surface area contributed by atoms with Crippen molar-refractivity contribution >= 4 is 0 Å². The fraction of sp³-hybridized carbons (Fsp3) is 0.571. The zero-order valence-electron chi connectivity index (χ0n) is 10.3. The Kier molecular flexibility index (Phi) is 4.51. The fourth-order valence-electron chi connectivity index (χ4n) is 2.31. The average Bonchev–Trinajstić information content (AvgIpc) is 2.39. The summed E-state index contributed by atoms with van der Waals surface area (Å²) >= 11 is 0. The van der Waals surface area contributed by atoms with Crippen molar-refractivity contribution in [2.45, 2.75) is 44.4 Å². The molecule has 0 heterocycles. The van der Waals surface area contributed by atoms with Crippen LogP contribution in [0.3, 0.4) is 0 Å². The predicted molar refractivity (Wildman–Crippen MR) is 66.3 cm³/mol. The fourth-order valence-corrected chi connectivity index (χ4v) is 2.31. The normalized spacial score (nSPS) is 24.8. The summed E-state index contributed by atoms with van der Waals surface area (Å²) in [5.41, 5.74) is 1.04. The van der Waals surface area contributed by atoms with Crippen LogP contribution >= 0.6 is 0 Å². The van der Waals surface area contributed by atoms with Gasteiger partial charge in [0.15, 0.2) is 0 Å². The maximum Gasteiger partial charge on any atom is 0.123 e. The van der Waals surface area contributed by atoms with Gasteiger partial charge in [0, 0.05) is 6.04 Å². The largest absolute Gasteiger partial charge is 0.374 e. The van der Waals surface area contributed by atoms with Crippen molar-refractivity contribution in [2.24, 2.45) is 0 Å². The van der Waals surface area contributed by atoms with Gasteiger partial charge >= 0.3 is 0 Å². The number of hydrogen-bond acceptors (Lipinski definition) is 2. The van der Waals surface area contributed by atoms with Crippen molar-refractivity contribution in [3.63, 3.8) is 0 Å². The molecule has 2 nitrogen and oxygen atoms in total. The summed E-state index contributed by atoms with van der Waals surface area (Å²) in [7, 11) is 2.02. The van der Waals surface area contributed by atoms with E-state index in [1.807, 2.05) is 7.05 Å². The van der Waals surface area contributed by atoms with Crippen molar-refractivity contribution in [2.75, 3.05) is 7.05 Å². The van der Waals surface area contributed by atoms with Gasteiger partial charge in [0.25, 0.3) is 0 Å². The van der Waals surface area contributed by atoms with Crippen LogP contribution in [0.5, 0.6) is 0 Å². The molecule has 1 aromatic carbocycles. The predicted octanol–water partition coefficient (Wildman–Crippen LogP) is 2.87. The summed E-state index contributed by atoms with van der Waals surface area (Å²) < 4.78 is 18.6. The van der Waals surface area contributed by atoms with E-state index in [0.717, 1.165) is 18.4 Å². The summed E-state index contributed by atoms with van der Waals surface area (Å²) in [4.78, 5) is 0.